The van der Waals surface area contributed by atoms with Crippen LogP contribution in [0.25, 0.3) is 0 Å². The van der Waals surface area contributed by atoms with Gasteiger partial charge in [0.05, 0.1) is 6.42 Å². The number of hydrogen-bond acceptors (Lipinski definition) is 3. The predicted octanol–water partition coefficient (Wildman–Crippen LogP) is 3.53. The molecule has 0 aliphatic carbocycles. The monoisotopic (exact) mass is 389 g/mol. The van der Waals surface area contributed by atoms with Crippen molar-refractivity contribution in [3.8, 4) is 0 Å². The van der Waals surface area contributed by atoms with Crippen LogP contribution in [-0.4, -0.2) is 37.0 Å². The van der Waals surface area contributed by atoms with Crippen molar-refractivity contribution in [2.75, 3.05) is 31.9 Å². The second kappa shape index (κ2) is 12.4. The number of benzene rings is 1. The first-order valence-electron chi connectivity index (χ1n) is 8.86. The van der Waals surface area contributed by atoms with Gasteiger partial charge in [0.2, 0.25) is 5.91 Å². The molecule has 25 heavy (non-hydrogen) atoms. The number of nitrogen functional groups attached to an aromatic ring is 1. The highest BCUT2D eigenvalue weighted by atomic mass is 35.5. The maximum absolute atomic E-state index is 11.9. The topological polar surface area (TPSA) is 58.4 Å². The van der Waals surface area contributed by atoms with Crippen molar-refractivity contribution >= 4 is 36.4 Å². The highest BCUT2D eigenvalue weighted by Gasteiger charge is 2.20. The van der Waals surface area contributed by atoms with Gasteiger partial charge in [-0.1, -0.05) is 26.0 Å². The summed E-state index contributed by atoms with van der Waals surface area (Å²) in [5.74, 6) is 1.73. The van der Waals surface area contributed by atoms with Gasteiger partial charge in [0.15, 0.2) is 0 Å². The number of halogens is 2. The van der Waals surface area contributed by atoms with E-state index in [0.717, 1.165) is 49.0 Å². The molecule has 1 amide bonds. The van der Waals surface area contributed by atoms with E-state index in [-0.39, 0.29) is 30.7 Å². The lowest BCUT2D eigenvalue weighted by Crippen LogP contribution is -2.39. The number of nitrogens with two attached hydrogens (primary N) is 1. The van der Waals surface area contributed by atoms with Crippen molar-refractivity contribution in [2.24, 2.45) is 11.8 Å². The van der Waals surface area contributed by atoms with Crippen LogP contribution >= 0.6 is 24.8 Å². The van der Waals surface area contributed by atoms with Gasteiger partial charge in [-0.25, -0.2) is 0 Å². The van der Waals surface area contributed by atoms with Crippen LogP contribution in [0.2, 0.25) is 0 Å². The molecule has 4 nitrogen and oxygen atoms in total. The van der Waals surface area contributed by atoms with Gasteiger partial charge >= 0.3 is 0 Å². The molecule has 144 valence electrons. The van der Waals surface area contributed by atoms with E-state index >= 15 is 0 Å². The van der Waals surface area contributed by atoms with Crippen LogP contribution in [0, 0.1) is 11.8 Å². The normalized spacial score (nSPS) is 20.2. The van der Waals surface area contributed by atoms with E-state index in [2.05, 4.69) is 24.1 Å². The van der Waals surface area contributed by atoms with Crippen molar-refractivity contribution < 1.29 is 4.79 Å². The number of anilines is 1. The Labute approximate surface area is 164 Å². The molecule has 1 aliphatic rings. The van der Waals surface area contributed by atoms with Gasteiger partial charge in [0, 0.05) is 25.3 Å². The molecule has 1 fully saturated rings. The first-order valence-corrected chi connectivity index (χ1v) is 8.86. The van der Waals surface area contributed by atoms with Crippen molar-refractivity contribution in [3.63, 3.8) is 0 Å². The summed E-state index contributed by atoms with van der Waals surface area (Å²) >= 11 is 0. The van der Waals surface area contributed by atoms with E-state index in [0.29, 0.717) is 6.42 Å². The van der Waals surface area contributed by atoms with E-state index in [1.165, 1.54) is 19.5 Å². The average Bonchev–Trinajstić information content (AvgIpc) is 2.48. The highest BCUT2D eigenvalue weighted by Crippen LogP contribution is 2.20. The van der Waals surface area contributed by atoms with E-state index in [4.69, 9.17) is 5.73 Å². The van der Waals surface area contributed by atoms with Gasteiger partial charge in [-0.3, -0.25) is 4.79 Å². The lowest BCUT2D eigenvalue weighted by Gasteiger charge is -2.34. The summed E-state index contributed by atoms with van der Waals surface area (Å²) in [6.45, 7) is 9.08. The summed E-state index contributed by atoms with van der Waals surface area (Å²) < 4.78 is 0. The molecule has 2 atom stereocenters. The zero-order valence-electron chi connectivity index (χ0n) is 15.4. The van der Waals surface area contributed by atoms with Crippen molar-refractivity contribution in [3.05, 3.63) is 29.8 Å². The number of hydrogen-bond donors (Lipinski definition) is 2. The standard InChI is InChI=1S/C19H31N3O.2ClH/c1-15-11-16(2)14-22(13-15)10-4-3-9-21-19(23)12-17-5-7-18(20)8-6-17;;/h5-8,15-16H,3-4,9-14,20H2,1-2H3,(H,21,23);2*1H. The Morgan fingerprint density at radius 1 is 1.12 bits per heavy atom. The fraction of sp³-hybridized carbons (Fsp3) is 0.632. The minimum atomic E-state index is 0. The Balaban J connectivity index is 0.00000288. The third-order valence-electron chi connectivity index (χ3n) is 4.51. The van der Waals surface area contributed by atoms with E-state index in [1.807, 2.05) is 24.3 Å². The molecule has 6 heteroatoms. The van der Waals surface area contributed by atoms with Crippen LogP contribution in [0.3, 0.4) is 0 Å². The van der Waals surface area contributed by atoms with Crippen LogP contribution in [0.4, 0.5) is 5.69 Å². The van der Waals surface area contributed by atoms with E-state index in [1.54, 1.807) is 0 Å². The number of rotatable bonds is 7. The quantitative estimate of drug-likeness (QED) is 0.553. The molecule has 0 aromatic heterocycles. The Kier molecular flexibility index (Phi) is 11.9. The Morgan fingerprint density at radius 2 is 1.72 bits per heavy atom. The number of nitrogens with zero attached hydrogens (tertiary/aromatic N) is 1. The predicted molar refractivity (Wildman–Crippen MR) is 111 cm³/mol. The molecule has 1 aromatic carbocycles. The molecule has 2 rings (SSSR count). The van der Waals surface area contributed by atoms with Gasteiger partial charge in [-0.15, -0.1) is 24.8 Å². The van der Waals surface area contributed by atoms with Gasteiger partial charge in [-0.05, 0) is 55.3 Å². The maximum atomic E-state index is 11.9. The minimum Gasteiger partial charge on any atom is -0.399 e. The zero-order chi connectivity index (χ0) is 16.7. The molecule has 0 saturated carbocycles. The molecule has 0 spiro atoms. The fourth-order valence-electron chi connectivity index (χ4n) is 3.55. The van der Waals surface area contributed by atoms with Crippen molar-refractivity contribution in [1.29, 1.82) is 0 Å². The number of amides is 1. The van der Waals surface area contributed by atoms with Gasteiger partial charge in [-0.2, -0.15) is 0 Å². The van der Waals surface area contributed by atoms with Crippen LogP contribution in [0.5, 0.6) is 0 Å². The molecule has 0 bridgehead atoms. The van der Waals surface area contributed by atoms with E-state index in [9.17, 15) is 4.79 Å². The highest BCUT2D eigenvalue weighted by molar-refractivity contribution is 5.85. The van der Waals surface area contributed by atoms with Crippen molar-refractivity contribution in [1.82, 2.24) is 10.2 Å². The number of likely N-dealkylation sites (tertiary alicyclic amines) is 1. The summed E-state index contributed by atoms with van der Waals surface area (Å²) in [5, 5.41) is 3.01. The number of unbranched alkanes of at least 4 members (excludes halogenated alkanes) is 1. The largest absolute Gasteiger partial charge is 0.399 e. The molecular formula is C19H33Cl2N3O. The van der Waals surface area contributed by atoms with Crippen LogP contribution in [-0.2, 0) is 11.2 Å². The molecule has 0 radical (unpaired) electrons. The third-order valence-corrected chi connectivity index (χ3v) is 4.51. The molecule has 1 heterocycles. The SMILES string of the molecule is CC1CC(C)CN(CCCCNC(=O)Cc2ccc(N)cc2)C1.Cl.Cl. The molecular weight excluding hydrogens is 357 g/mol. The third kappa shape index (κ3) is 9.34. The van der Waals surface area contributed by atoms with Crippen molar-refractivity contribution in [2.45, 2.75) is 39.5 Å². The maximum Gasteiger partial charge on any atom is 0.224 e. The number of nitrogens with one attached hydrogen (secondary N) is 1. The minimum absolute atomic E-state index is 0. The summed E-state index contributed by atoms with van der Waals surface area (Å²) in [5.41, 5.74) is 7.38. The van der Waals surface area contributed by atoms with Crippen LogP contribution in [0.1, 0.15) is 38.7 Å². The summed E-state index contributed by atoms with van der Waals surface area (Å²) in [7, 11) is 0. The van der Waals surface area contributed by atoms with E-state index < -0.39 is 0 Å². The molecule has 2 unspecified atom stereocenters. The van der Waals surface area contributed by atoms with Crippen LogP contribution in [0.15, 0.2) is 24.3 Å². The number of carbonyl (C=O) groups excluding carboxylic acids is 1. The Hall–Kier alpha value is -0.970. The summed E-state index contributed by atoms with van der Waals surface area (Å²) in [6, 6.07) is 7.49. The smallest absolute Gasteiger partial charge is 0.224 e. The summed E-state index contributed by atoms with van der Waals surface area (Å²) in [6.07, 6.45) is 3.99. The molecule has 1 aromatic rings. The summed E-state index contributed by atoms with van der Waals surface area (Å²) in [4.78, 5) is 14.5. The second-order valence-corrected chi connectivity index (χ2v) is 7.18. The molecule has 3 N–H and O–H groups in total. The number of carbonyl (C=O) groups is 1. The fourth-order valence-corrected chi connectivity index (χ4v) is 3.55. The Morgan fingerprint density at radius 3 is 2.32 bits per heavy atom. The first-order chi connectivity index (χ1) is 11.0. The van der Waals surface area contributed by atoms with Crippen LogP contribution < -0.4 is 11.1 Å². The lowest BCUT2D eigenvalue weighted by molar-refractivity contribution is -0.120. The Bertz CT molecular complexity index is 486. The number of piperidine rings is 1. The van der Waals surface area contributed by atoms with Gasteiger partial charge in [0.1, 0.15) is 0 Å². The molecule has 1 aliphatic heterocycles. The molecule has 1 saturated heterocycles. The first kappa shape index (κ1) is 24.0. The second-order valence-electron chi connectivity index (χ2n) is 7.18. The average molecular weight is 390 g/mol. The lowest BCUT2D eigenvalue weighted by atomic mass is 9.92. The zero-order valence-corrected chi connectivity index (χ0v) is 17.0. The van der Waals surface area contributed by atoms with Gasteiger partial charge in [0.25, 0.3) is 0 Å². The van der Waals surface area contributed by atoms with Gasteiger partial charge < -0.3 is 16.0 Å².